The summed E-state index contributed by atoms with van der Waals surface area (Å²) >= 11 is 12.6. The van der Waals surface area contributed by atoms with E-state index in [1.54, 1.807) is 25.1 Å². The number of nitrogens with zero attached hydrogens (tertiary/aromatic N) is 1. The molecule has 1 aliphatic rings. The molecule has 2 atom stereocenters. The highest BCUT2D eigenvalue weighted by atomic mass is 35.5. The summed E-state index contributed by atoms with van der Waals surface area (Å²) in [7, 11) is 0. The minimum Gasteiger partial charge on any atom is -0.463 e. The molecule has 3 rings (SSSR count). The zero-order valence-electron chi connectivity index (χ0n) is 12.9. The second-order valence-corrected chi connectivity index (χ2v) is 6.05. The van der Waals surface area contributed by atoms with E-state index in [9.17, 15) is 4.79 Å². The van der Waals surface area contributed by atoms with Crippen LogP contribution in [-0.4, -0.2) is 24.4 Å². The van der Waals surface area contributed by atoms with Crippen LogP contribution in [0.15, 0.2) is 53.7 Å². The van der Waals surface area contributed by atoms with Gasteiger partial charge >= 0.3 is 5.97 Å². The predicted octanol–water partition coefficient (Wildman–Crippen LogP) is 4.44. The van der Waals surface area contributed by atoms with Gasteiger partial charge in [0.2, 0.25) is 6.10 Å². The highest BCUT2D eigenvalue weighted by Crippen LogP contribution is 2.37. The lowest BCUT2D eigenvalue weighted by atomic mass is 9.86. The molecule has 24 heavy (non-hydrogen) atoms. The third-order valence-corrected chi connectivity index (χ3v) is 4.39. The summed E-state index contributed by atoms with van der Waals surface area (Å²) in [4.78, 5) is 17.7. The van der Waals surface area contributed by atoms with Gasteiger partial charge in [0.1, 0.15) is 5.71 Å². The van der Waals surface area contributed by atoms with Crippen LogP contribution in [0.1, 0.15) is 24.0 Å². The largest absolute Gasteiger partial charge is 0.463 e. The molecule has 0 unspecified atom stereocenters. The van der Waals surface area contributed by atoms with Gasteiger partial charge in [-0.3, -0.25) is 0 Å². The minimum atomic E-state index is -0.866. The maximum atomic E-state index is 12.3. The Bertz CT molecular complexity index is 757. The number of rotatable bonds is 4. The van der Waals surface area contributed by atoms with Crippen molar-refractivity contribution in [1.82, 2.24) is 0 Å². The van der Waals surface area contributed by atoms with Gasteiger partial charge in [-0.05, 0) is 24.6 Å². The van der Waals surface area contributed by atoms with E-state index in [4.69, 9.17) is 32.8 Å². The average molecular weight is 364 g/mol. The van der Waals surface area contributed by atoms with Gasteiger partial charge in [-0.25, -0.2) is 4.79 Å². The van der Waals surface area contributed by atoms with Crippen molar-refractivity contribution in [1.29, 1.82) is 0 Å². The Morgan fingerprint density at radius 1 is 1.12 bits per heavy atom. The quantitative estimate of drug-likeness (QED) is 0.754. The number of carbonyl (C=O) groups excluding carboxylic acids is 1. The summed E-state index contributed by atoms with van der Waals surface area (Å²) in [6.45, 7) is 2.01. The molecule has 0 saturated carbocycles. The highest BCUT2D eigenvalue weighted by molar-refractivity contribution is 6.40. The molecule has 2 aromatic carbocycles. The monoisotopic (exact) mass is 363 g/mol. The van der Waals surface area contributed by atoms with E-state index < -0.39 is 18.0 Å². The average Bonchev–Trinajstić information content (AvgIpc) is 3.00. The number of oxime groups is 1. The second kappa shape index (κ2) is 7.24. The molecular formula is C18H15Cl2NO3. The van der Waals surface area contributed by atoms with Gasteiger partial charge in [-0.15, -0.1) is 0 Å². The first-order chi connectivity index (χ1) is 11.6. The Kier molecular flexibility index (Phi) is 5.07. The van der Waals surface area contributed by atoms with Gasteiger partial charge in [0, 0.05) is 5.56 Å². The van der Waals surface area contributed by atoms with Crippen molar-refractivity contribution in [2.45, 2.75) is 18.9 Å². The fraction of sp³-hybridized carbons (Fsp3) is 0.222. The molecule has 6 heteroatoms. The third-order valence-electron chi connectivity index (χ3n) is 3.76. The van der Waals surface area contributed by atoms with Crippen molar-refractivity contribution < 1.29 is 14.4 Å². The van der Waals surface area contributed by atoms with E-state index in [1.807, 2.05) is 30.3 Å². The molecule has 1 heterocycles. The van der Waals surface area contributed by atoms with Gasteiger partial charge in [-0.1, -0.05) is 64.8 Å². The van der Waals surface area contributed by atoms with Crippen molar-refractivity contribution in [3.05, 3.63) is 69.7 Å². The van der Waals surface area contributed by atoms with E-state index >= 15 is 0 Å². The lowest BCUT2D eigenvalue weighted by Gasteiger charge is -2.19. The molecule has 1 aliphatic heterocycles. The number of esters is 1. The van der Waals surface area contributed by atoms with Crippen molar-refractivity contribution in [3.63, 3.8) is 0 Å². The number of halogens is 2. The van der Waals surface area contributed by atoms with Gasteiger partial charge in [0.25, 0.3) is 0 Å². The molecule has 4 nitrogen and oxygen atoms in total. The molecule has 0 fully saturated rings. The summed E-state index contributed by atoms with van der Waals surface area (Å²) in [5.41, 5.74) is 1.97. The predicted molar refractivity (Wildman–Crippen MR) is 93.7 cm³/mol. The second-order valence-electron chi connectivity index (χ2n) is 5.24. The first-order valence-corrected chi connectivity index (χ1v) is 8.28. The number of ether oxygens (including phenoxy) is 1. The van der Waals surface area contributed by atoms with Crippen LogP contribution in [0.25, 0.3) is 0 Å². The summed E-state index contributed by atoms with van der Waals surface area (Å²) in [6.07, 6.45) is -0.866. The minimum absolute atomic E-state index is 0.266. The lowest BCUT2D eigenvalue weighted by Crippen LogP contribution is -2.31. The van der Waals surface area contributed by atoms with Gasteiger partial charge in [0.15, 0.2) is 0 Å². The summed E-state index contributed by atoms with van der Waals surface area (Å²) in [5, 5.41) is 5.03. The van der Waals surface area contributed by atoms with Gasteiger partial charge in [-0.2, -0.15) is 0 Å². The van der Waals surface area contributed by atoms with Crippen molar-refractivity contribution in [2.75, 3.05) is 6.61 Å². The molecule has 0 amide bonds. The fourth-order valence-corrected chi connectivity index (χ4v) is 3.31. The number of benzene rings is 2. The smallest absolute Gasteiger partial charge is 0.351 e. The maximum absolute atomic E-state index is 12.3. The number of carbonyl (C=O) groups is 1. The van der Waals surface area contributed by atoms with Crippen molar-refractivity contribution in [2.24, 2.45) is 5.16 Å². The van der Waals surface area contributed by atoms with Crippen LogP contribution < -0.4 is 0 Å². The summed E-state index contributed by atoms with van der Waals surface area (Å²) < 4.78 is 5.12. The van der Waals surface area contributed by atoms with Gasteiger partial charge in [0.05, 0.1) is 22.6 Å². The maximum Gasteiger partial charge on any atom is 0.351 e. The Morgan fingerprint density at radius 2 is 1.79 bits per heavy atom. The van der Waals surface area contributed by atoms with Crippen molar-refractivity contribution >= 4 is 34.9 Å². The topological polar surface area (TPSA) is 47.9 Å². The summed E-state index contributed by atoms with van der Waals surface area (Å²) in [5.74, 6) is -0.907. The van der Waals surface area contributed by atoms with E-state index in [0.29, 0.717) is 21.3 Å². The van der Waals surface area contributed by atoms with E-state index in [2.05, 4.69) is 5.16 Å². The third kappa shape index (κ3) is 3.12. The zero-order valence-corrected chi connectivity index (χ0v) is 14.4. The van der Waals surface area contributed by atoms with Crippen LogP contribution in [0.3, 0.4) is 0 Å². The Labute approximate surface area is 150 Å². The molecule has 0 aromatic heterocycles. The molecule has 0 bridgehead atoms. The number of hydrogen-bond donors (Lipinski definition) is 0. The van der Waals surface area contributed by atoms with E-state index in [-0.39, 0.29) is 6.61 Å². The summed E-state index contributed by atoms with van der Waals surface area (Å²) in [6, 6.07) is 14.7. The normalized spacial score (nSPS) is 19.5. The van der Waals surface area contributed by atoms with Gasteiger partial charge < -0.3 is 9.57 Å². The fourth-order valence-electron chi connectivity index (χ4n) is 2.71. The first kappa shape index (κ1) is 16.8. The Hall–Kier alpha value is -2.04. The lowest BCUT2D eigenvalue weighted by molar-refractivity contribution is -0.155. The molecule has 0 saturated heterocycles. The van der Waals surface area contributed by atoms with Crippen LogP contribution in [0.2, 0.25) is 10.0 Å². The van der Waals surface area contributed by atoms with Crippen LogP contribution in [0, 0.1) is 0 Å². The van der Waals surface area contributed by atoms with Crippen LogP contribution in [0.4, 0.5) is 0 Å². The van der Waals surface area contributed by atoms with Crippen molar-refractivity contribution in [3.8, 4) is 0 Å². The molecular weight excluding hydrogens is 349 g/mol. The Balaban J connectivity index is 2.07. The molecule has 0 aliphatic carbocycles. The number of hydrogen-bond acceptors (Lipinski definition) is 4. The van der Waals surface area contributed by atoms with Crippen LogP contribution in [-0.2, 0) is 14.4 Å². The standard InChI is InChI=1S/C18H15Cl2NO3/c1-2-23-18(22)17-14(11-7-4-3-5-8-11)16(21-24-17)15-12(19)9-6-10-13(15)20/h3-10,14,17H,2H2,1H3/t14-,17-/m0/s1. The first-order valence-electron chi connectivity index (χ1n) is 7.53. The molecule has 124 valence electrons. The zero-order chi connectivity index (χ0) is 17.1. The van der Waals surface area contributed by atoms with E-state index in [0.717, 1.165) is 5.56 Å². The highest BCUT2D eigenvalue weighted by Gasteiger charge is 2.43. The van der Waals surface area contributed by atoms with Crippen LogP contribution in [0.5, 0.6) is 0 Å². The molecule has 2 aromatic rings. The molecule has 0 spiro atoms. The molecule has 0 radical (unpaired) electrons. The molecule has 0 N–H and O–H groups in total. The Morgan fingerprint density at radius 3 is 2.42 bits per heavy atom. The van der Waals surface area contributed by atoms with Crippen LogP contribution >= 0.6 is 23.2 Å². The SMILES string of the molecule is CCOC(=O)[C@H]1ON=C(c2c(Cl)cccc2Cl)[C@@H]1c1ccccc1. The van der Waals surface area contributed by atoms with E-state index in [1.165, 1.54) is 0 Å².